The second-order valence-corrected chi connectivity index (χ2v) is 10.1. The van der Waals surface area contributed by atoms with E-state index in [1.807, 2.05) is 29.4 Å². The number of hydrogen-bond donors (Lipinski definition) is 2. The van der Waals surface area contributed by atoms with Gasteiger partial charge < -0.3 is 14.9 Å². The Labute approximate surface area is 196 Å². The molecule has 2 amide bonds. The van der Waals surface area contributed by atoms with Gasteiger partial charge in [0.05, 0.1) is 16.7 Å². The molecule has 2 heterocycles. The normalized spacial score (nSPS) is 25.5. The maximum absolute atomic E-state index is 12.6. The second-order valence-electron chi connectivity index (χ2n) is 8.77. The van der Waals surface area contributed by atoms with Crippen LogP contribution in [0.15, 0.2) is 54.0 Å². The van der Waals surface area contributed by atoms with Gasteiger partial charge in [0.2, 0.25) is 5.91 Å². The lowest BCUT2D eigenvalue weighted by atomic mass is 9.77. The molecule has 176 valence electrons. The largest absolute Gasteiger partial charge is 0.379 e. The van der Waals surface area contributed by atoms with Gasteiger partial charge in [-0.25, -0.2) is 0 Å². The predicted molar refractivity (Wildman–Crippen MR) is 125 cm³/mol. The summed E-state index contributed by atoms with van der Waals surface area (Å²) in [5.41, 5.74) is -0.854. The third-order valence-corrected chi connectivity index (χ3v) is 7.63. The minimum Gasteiger partial charge on any atom is -0.379 e. The number of unbranched alkanes of at least 4 members (excludes halogenated alkanes) is 1. The first-order valence-corrected chi connectivity index (χ1v) is 12.9. The lowest BCUT2D eigenvalue weighted by molar-refractivity contribution is -0.148. The van der Waals surface area contributed by atoms with E-state index >= 15 is 0 Å². The minimum atomic E-state index is -1.48. The number of carbonyl (C=O) groups is 2. The van der Waals surface area contributed by atoms with Crippen LogP contribution in [0.2, 0.25) is 0 Å². The Morgan fingerprint density at radius 3 is 2.52 bits per heavy atom. The molecule has 0 bridgehead atoms. The van der Waals surface area contributed by atoms with Crippen LogP contribution >= 0.6 is 0 Å². The molecule has 2 fully saturated rings. The van der Waals surface area contributed by atoms with E-state index in [9.17, 15) is 18.9 Å². The second kappa shape index (κ2) is 9.61. The maximum Gasteiger partial charge on any atom is 0.261 e. The van der Waals surface area contributed by atoms with Crippen molar-refractivity contribution in [2.75, 3.05) is 19.3 Å². The molecule has 0 radical (unpaired) electrons. The molecule has 9 heteroatoms. The van der Waals surface area contributed by atoms with Crippen molar-refractivity contribution in [1.82, 2.24) is 14.7 Å². The first-order valence-electron chi connectivity index (χ1n) is 11.3. The van der Waals surface area contributed by atoms with E-state index < -0.39 is 28.2 Å². The van der Waals surface area contributed by atoms with Crippen molar-refractivity contribution in [3.63, 3.8) is 0 Å². The molecule has 1 aromatic rings. The van der Waals surface area contributed by atoms with Crippen LogP contribution < -0.4 is 0 Å². The van der Waals surface area contributed by atoms with Crippen LogP contribution in [0, 0.1) is 11.3 Å². The molecule has 8 nitrogen and oxygen atoms in total. The average Bonchev–Trinajstić information content (AvgIpc) is 3.02. The predicted octanol–water partition coefficient (Wildman–Crippen LogP) is 2.38. The number of benzene rings is 1. The highest BCUT2D eigenvalue weighted by atomic mass is 32.2. The monoisotopic (exact) mass is 470 g/mol. The molecule has 3 aliphatic rings. The summed E-state index contributed by atoms with van der Waals surface area (Å²) in [6.07, 6.45) is 13.0. The van der Waals surface area contributed by atoms with Crippen molar-refractivity contribution in [3.05, 3.63) is 54.6 Å². The van der Waals surface area contributed by atoms with Gasteiger partial charge in [-0.15, -0.1) is 0 Å². The zero-order valence-corrected chi connectivity index (χ0v) is 19.6. The van der Waals surface area contributed by atoms with Gasteiger partial charge in [0.1, 0.15) is 5.84 Å². The Balaban J connectivity index is 1.26. The average molecular weight is 471 g/mol. The van der Waals surface area contributed by atoms with Crippen molar-refractivity contribution in [2.24, 2.45) is 5.92 Å². The van der Waals surface area contributed by atoms with Gasteiger partial charge in [0, 0.05) is 54.6 Å². The Hall–Kier alpha value is -2.78. The Kier molecular flexibility index (Phi) is 6.81. The quantitative estimate of drug-likeness (QED) is 0.274. The summed E-state index contributed by atoms with van der Waals surface area (Å²) in [6.45, 7) is 1.03. The van der Waals surface area contributed by atoms with Gasteiger partial charge in [-0.05, 0) is 38.2 Å². The van der Waals surface area contributed by atoms with Gasteiger partial charge in [-0.3, -0.25) is 24.1 Å². The van der Waals surface area contributed by atoms with Crippen molar-refractivity contribution in [3.8, 4) is 0 Å². The Morgan fingerprint density at radius 2 is 1.82 bits per heavy atom. The lowest BCUT2D eigenvalue weighted by Crippen LogP contribution is -2.45. The molecular formula is C24H30N4O4S. The van der Waals surface area contributed by atoms with Gasteiger partial charge in [-0.2, -0.15) is 0 Å². The third-order valence-electron chi connectivity index (χ3n) is 6.65. The zero-order chi connectivity index (χ0) is 23.6. The third kappa shape index (κ3) is 4.52. The van der Waals surface area contributed by atoms with E-state index in [1.54, 1.807) is 35.7 Å². The number of imide groups is 1. The molecule has 33 heavy (non-hydrogen) atoms. The van der Waals surface area contributed by atoms with Gasteiger partial charge in [-0.1, -0.05) is 24.6 Å². The van der Waals surface area contributed by atoms with Crippen LogP contribution in [0.4, 0.5) is 0 Å². The van der Waals surface area contributed by atoms with E-state index in [1.165, 1.54) is 4.90 Å². The molecule has 2 aliphatic heterocycles. The standard InChI is InChI=1S/C24H30N4O4S/c1-33(32)20-10-3-2-8-18(20)21(25)27-16-14-26(15-17-27)12-6-7-13-28-22(29)19-9-4-5-11-24(19,31)23(28)30/h2-3,8,10,14-17,19,25,31H,4-7,9,11-13H2,1H3. The van der Waals surface area contributed by atoms with Crippen molar-refractivity contribution >= 4 is 28.4 Å². The number of amidine groups is 1. The van der Waals surface area contributed by atoms with E-state index in [0.717, 1.165) is 19.3 Å². The topological polar surface area (TPSA) is 105 Å². The number of carbonyl (C=O) groups excluding carboxylic acids is 2. The van der Waals surface area contributed by atoms with E-state index in [4.69, 9.17) is 5.41 Å². The molecule has 0 spiro atoms. The molecular weight excluding hydrogens is 440 g/mol. The summed E-state index contributed by atoms with van der Waals surface area (Å²) in [4.78, 5) is 30.8. The summed E-state index contributed by atoms with van der Waals surface area (Å²) < 4.78 is 12.0. The number of nitrogens with zero attached hydrogens (tertiary/aromatic N) is 3. The van der Waals surface area contributed by atoms with E-state index in [-0.39, 0.29) is 11.7 Å². The summed E-state index contributed by atoms with van der Waals surface area (Å²) in [7, 11) is -1.18. The summed E-state index contributed by atoms with van der Waals surface area (Å²) in [5, 5.41) is 19.2. The zero-order valence-electron chi connectivity index (χ0n) is 18.8. The number of likely N-dealkylation sites (tertiary alicyclic amines) is 1. The van der Waals surface area contributed by atoms with E-state index in [0.29, 0.717) is 42.8 Å². The van der Waals surface area contributed by atoms with Gasteiger partial charge in [0.25, 0.3) is 5.91 Å². The van der Waals surface area contributed by atoms with Crippen LogP contribution in [0.3, 0.4) is 0 Å². The highest BCUT2D eigenvalue weighted by Gasteiger charge is 2.58. The number of rotatable bonds is 7. The SMILES string of the molecule is CS(=O)c1ccccc1C(=N)N1C=CN(CCCCN2C(=O)C3CCCCC3(O)C2=O)C=C1. The van der Waals surface area contributed by atoms with Gasteiger partial charge >= 0.3 is 0 Å². The van der Waals surface area contributed by atoms with Crippen molar-refractivity contribution in [1.29, 1.82) is 5.41 Å². The Morgan fingerprint density at radius 1 is 1.12 bits per heavy atom. The molecule has 1 aliphatic carbocycles. The number of fused-ring (bicyclic) bond motifs is 1. The first-order chi connectivity index (χ1) is 15.8. The van der Waals surface area contributed by atoms with Crippen LogP contribution in [-0.2, 0) is 20.4 Å². The molecule has 0 aromatic heterocycles. The number of aliphatic hydroxyl groups is 1. The fourth-order valence-electron chi connectivity index (χ4n) is 4.80. The summed E-state index contributed by atoms with van der Waals surface area (Å²) >= 11 is 0. The molecule has 1 aromatic carbocycles. The lowest BCUT2D eigenvalue weighted by Gasteiger charge is -2.29. The molecule has 1 saturated carbocycles. The van der Waals surface area contributed by atoms with Crippen molar-refractivity contribution in [2.45, 2.75) is 49.0 Å². The molecule has 3 unspecified atom stereocenters. The number of hydrogen-bond acceptors (Lipinski definition) is 6. The summed E-state index contributed by atoms with van der Waals surface area (Å²) in [5.74, 6) is -0.957. The smallest absolute Gasteiger partial charge is 0.261 e. The highest BCUT2D eigenvalue weighted by molar-refractivity contribution is 7.84. The highest BCUT2D eigenvalue weighted by Crippen LogP contribution is 2.41. The molecule has 4 rings (SSSR count). The molecule has 1 saturated heterocycles. The molecule has 3 atom stereocenters. The fraction of sp³-hybridized carbons (Fsp3) is 0.458. The number of nitrogens with one attached hydrogen (secondary N) is 1. The summed E-state index contributed by atoms with van der Waals surface area (Å²) in [6, 6.07) is 7.20. The van der Waals surface area contributed by atoms with Crippen LogP contribution in [0.1, 0.15) is 44.1 Å². The van der Waals surface area contributed by atoms with Crippen LogP contribution in [0.5, 0.6) is 0 Å². The molecule has 2 N–H and O–H groups in total. The maximum atomic E-state index is 12.6. The van der Waals surface area contributed by atoms with Crippen LogP contribution in [-0.4, -0.2) is 66.6 Å². The fourth-order valence-corrected chi connectivity index (χ4v) is 5.55. The Bertz CT molecular complexity index is 1030. The number of amides is 2. The van der Waals surface area contributed by atoms with Gasteiger partial charge in [0.15, 0.2) is 5.60 Å². The minimum absolute atomic E-state index is 0.220. The first kappa shape index (κ1) is 23.4. The van der Waals surface area contributed by atoms with Crippen molar-refractivity contribution < 1.29 is 18.9 Å². The van der Waals surface area contributed by atoms with E-state index in [2.05, 4.69) is 0 Å². The van der Waals surface area contributed by atoms with Crippen LogP contribution in [0.25, 0.3) is 0 Å².